The van der Waals surface area contributed by atoms with Gasteiger partial charge >= 0.3 is 0 Å². The lowest BCUT2D eigenvalue weighted by molar-refractivity contribution is -0.116. The molecule has 0 fully saturated rings. The van der Waals surface area contributed by atoms with Crippen LogP contribution in [0.3, 0.4) is 0 Å². The Labute approximate surface area is 169 Å². The molecule has 2 heterocycles. The fraction of sp³-hybridized carbons (Fsp3) is 0.263. The summed E-state index contributed by atoms with van der Waals surface area (Å²) in [5.74, 6) is -0.972. The fourth-order valence-electron chi connectivity index (χ4n) is 3.48. The first-order valence-corrected chi connectivity index (χ1v) is 10.0. The maximum Gasteiger partial charge on any atom is 0.261 e. The Morgan fingerprint density at radius 1 is 1.29 bits per heavy atom. The molecule has 7 nitrogen and oxygen atoms in total. The quantitative estimate of drug-likeness (QED) is 0.681. The van der Waals surface area contributed by atoms with E-state index in [9.17, 15) is 14.4 Å². The van der Waals surface area contributed by atoms with Gasteiger partial charge in [-0.15, -0.1) is 11.3 Å². The second-order valence-corrected chi connectivity index (χ2v) is 8.21. The molecule has 9 heteroatoms. The summed E-state index contributed by atoms with van der Waals surface area (Å²) in [5, 5.41) is 3.96. The maximum absolute atomic E-state index is 12.6. The number of amides is 2. The summed E-state index contributed by atoms with van der Waals surface area (Å²) >= 11 is 7.34. The number of fused-ring (bicyclic) bond motifs is 2. The molecule has 4 rings (SSSR count). The van der Waals surface area contributed by atoms with Crippen molar-refractivity contribution >= 4 is 50.7 Å². The van der Waals surface area contributed by atoms with Gasteiger partial charge in [-0.2, -0.15) is 0 Å². The van der Waals surface area contributed by atoms with Crippen molar-refractivity contribution in [1.82, 2.24) is 9.55 Å². The Bertz CT molecular complexity index is 1170. The van der Waals surface area contributed by atoms with Crippen molar-refractivity contribution in [3.8, 4) is 0 Å². The third-order valence-electron chi connectivity index (χ3n) is 4.77. The number of benzene rings is 1. The van der Waals surface area contributed by atoms with Gasteiger partial charge in [0.2, 0.25) is 5.91 Å². The molecule has 2 aromatic heterocycles. The molecule has 2 amide bonds. The highest BCUT2D eigenvalue weighted by molar-refractivity contribution is 7.17. The van der Waals surface area contributed by atoms with Crippen LogP contribution in [0.2, 0.25) is 5.02 Å². The minimum absolute atomic E-state index is 0.227. The second-order valence-electron chi connectivity index (χ2n) is 6.67. The van der Waals surface area contributed by atoms with E-state index in [1.807, 2.05) is 0 Å². The molecule has 1 aliphatic rings. The number of carbonyl (C=O) groups excluding carboxylic acids is 2. The van der Waals surface area contributed by atoms with Crippen molar-refractivity contribution in [2.75, 3.05) is 5.32 Å². The van der Waals surface area contributed by atoms with Crippen LogP contribution < -0.4 is 16.6 Å². The lowest BCUT2D eigenvalue weighted by Crippen LogP contribution is -2.28. The third-order valence-corrected chi connectivity index (χ3v) is 6.21. The van der Waals surface area contributed by atoms with Crippen LogP contribution in [0.5, 0.6) is 0 Å². The molecule has 0 spiro atoms. The van der Waals surface area contributed by atoms with Gasteiger partial charge in [0.1, 0.15) is 11.5 Å². The highest BCUT2D eigenvalue weighted by Crippen LogP contribution is 2.37. The first-order chi connectivity index (χ1) is 13.4. The monoisotopic (exact) mass is 416 g/mol. The number of nitrogens with two attached hydrogens (primary N) is 1. The van der Waals surface area contributed by atoms with E-state index in [1.165, 1.54) is 28.3 Å². The summed E-state index contributed by atoms with van der Waals surface area (Å²) in [4.78, 5) is 42.4. The van der Waals surface area contributed by atoms with E-state index in [2.05, 4.69) is 10.3 Å². The molecule has 0 saturated heterocycles. The number of primary amides is 1. The van der Waals surface area contributed by atoms with Crippen molar-refractivity contribution in [3.63, 3.8) is 0 Å². The van der Waals surface area contributed by atoms with Gasteiger partial charge in [-0.1, -0.05) is 11.6 Å². The average Bonchev–Trinajstić information content (AvgIpc) is 3.02. The van der Waals surface area contributed by atoms with Crippen LogP contribution in [0, 0.1) is 0 Å². The van der Waals surface area contributed by atoms with E-state index in [4.69, 9.17) is 17.3 Å². The fourth-order valence-corrected chi connectivity index (χ4v) is 4.96. The summed E-state index contributed by atoms with van der Waals surface area (Å²) in [5.41, 5.74) is 7.04. The molecule has 3 aromatic rings. The van der Waals surface area contributed by atoms with Gasteiger partial charge in [0.15, 0.2) is 0 Å². The van der Waals surface area contributed by atoms with Crippen LogP contribution in [0.1, 0.15) is 33.6 Å². The van der Waals surface area contributed by atoms with E-state index in [0.717, 1.165) is 36.1 Å². The number of rotatable bonds is 4. The standard InChI is InChI=1S/C19H17ClN4O3S/c20-10-5-6-13-12(7-10)19(27)24(9-22-13)8-15(25)23-18-16(17(21)26)11-3-1-2-4-14(11)28-18/h5-7,9H,1-4,8H2,(H2,21,26)(H,23,25). The molecular weight excluding hydrogens is 400 g/mol. The Morgan fingerprint density at radius 2 is 2.07 bits per heavy atom. The lowest BCUT2D eigenvalue weighted by Gasteiger charge is -2.11. The predicted molar refractivity (Wildman–Crippen MR) is 109 cm³/mol. The first kappa shape index (κ1) is 18.6. The SMILES string of the molecule is NC(=O)c1c(NC(=O)Cn2cnc3ccc(Cl)cc3c2=O)sc2c1CCCC2. The number of aromatic nitrogens is 2. The molecule has 3 N–H and O–H groups in total. The molecule has 1 aromatic carbocycles. The molecule has 1 aliphatic carbocycles. The largest absolute Gasteiger partial charge is 0.365 e. The normalized spacial score (nSPS) is 13.3. The van der Waals surface area contributed by atoms with E-state index in [1.54, 1.807) is 12.1 Å². The molecule has 0 unspecified atom stereocenters. The molecular formula is C19H17ClN4O3S. The Morgan fingerprint density at radius 3 is 2.86 bits per heavy atom. The van der Waals surface area contributed by atoms with Gasteiger partial charge < -0.3 is 11.1 Å². The Kier molecular flexibility index (Phi) is 4.91. The Hall–Kier alpha value is -2.71. The van der Waals surface area contributed by atoms with Crippen molar-refractivity contribution in [1.29, 1.82) is 0 Å². The number of carbonyl (C=O) groups is 2. The number of hydrogen-bond donors (Lipinski definition) is 2. The van der Waals surface area contributed by atoms with E-state index >= 15 is 0 Å². The summed E-state index contributed by atoms with van der Waals surface area (Å²) < 4.78 is 1.21. The minimum atomic E-state index is -0.547. The molecule has 0 saturated carbocycles. The summed E-state index contributed by atoms with van der Waals surface area (Å²) in [7, 11) is 0. The van der Waals surface area contributed by atoms with Gasteiger partial charge in [0.05, 0.1) is 22.8 Å². The molecule has 0 radical (unpaired) electrons. The molecule has 144 valence electrons. The highest BCUT2D eigenvalue weighted by Gasteiger charge is 2.25. The van der Waals surface area contributed by atoms with Crippen LogP contribution in [0.4, 0.5) is 5.00 Å². The second kappa shape index (κ2) is 7.37. The predicted octanol–water partition coefficient (Wildman–Crippen LogP) is 2.73. The van der Waals surface area contributed by atoms with Crippen LogP contribution in [0.25, 0.3) is 10.9 Å². The Balaban J connectivity index is 1.61. The van der Waals surface area contributed by atoms with E-state index < -0.39 is 11.8 Å². The number of aryl methyl sites for hydroxylation is 1. The van der Waals surface area contributed by atoms with Crippen LogP contribution in [0.15, 0.2) is 29.3 Å². The van der Waals surface area contributed by atoms with Gasteiger partial charge in [0, 0.05) is 9.90 Å². The zero-order chi connectivity index (χ0) is 19.8. The van der Waals surface area contributed by atoms with Crippen molar-refractivity contribution in [2.24, 2.45) is 5.73 Å². The van der Waals surface area contributed by atoms with Crippen molar-refractivity contribution in [2.45, 2.75) is 32.2 Å². The van der Waals surface area contributed by atoms with Crippen LogP contribution in [-0.2, 0) is 24.2 Å². The topological polar surface area (TPSA) is 107 Å². The number of thiophene rings is 1. The summed E-state index contributed by atoms with van der Waals surface area (Å²) in [6, 6.07) is 4.83. The number of nitrogens with one attached hydrogen (secondary N) is 1. The third kappa shape index (κ3) is 3.41. The molecule has 28 heavy (non-hydrogen) atoms. The molecule has 0 bridgehead atoms. The zero-order valence-electron chi connectivity index (χ0n) is 14.8. The highest BCUT2D eigenvalue weighted by atomic mass is 35.5. The van der Waals surface area contributed by atoms with E-state index in [0.29, 0.717) is 26.5 Å². The smallest absolute Gasteiger partial charge is 0.261 e. The van der Waals surface area contributed by atoms with Gasteiger partial charge in [0.25, 0.3) is 11.5 Å². The lowest BCUT2D eigenvalue weighted by atomic mass is 9.95. The number of halogens is 1. The van der Waals surface area contributed by atoms with Gasteiger partial charge in [-0.3, -0.25) is 19.0 Å². The summed E-state index contributed by atoms with van der Waals surface area (Å²) in [6.45, 7) is -0.227. The van der Waals surface area contributed by atoms with Gasteiger partial charge in [-0.05, 0) is 49.4 Å². The first-order valence-electron chi connectivity index (χ1n) is 8.83. The number of hydrogen-bond acceptors (Lipinski definition) is 5. The zero-order valence-corrected chi connectivity index (χ0v) is 16.4. The van der Waals surface area contributed by atoms with Crippen molar-refractivity contribution < 1.29 is 9.59 Å². The minimum Gasteiger partial charge on any atom is -0.365 e. The maximum atomic E-state index is 12.6. The number of anilines is 1. The summed E-state index contributed by atoms with van der Waals surface area (Å²) in [6.07, 6.45) is 5.05. The average molecular weight is 417 g/mol. The molecule has 0 aliphatic heterocycles. The van der Waals surface area contributed by atoms with Gasteiger partial charge in [-0.25, -0.2) is 4.98 Å². The van der Waals surface area contributed by atoms with E-state index in [-0.39, 0.29) is 12.1 Å². The van der Waals surface area contributed by atoms with Crippen LogP contribution >= 0.6 is 22.9 Å². The number of nitrogens with zero attached hydrogens (tertiary/aromatic N) is 2. The molecule has 0 atom stereocenters. The van der Waals surface area contributed by atoms with Crippen molar-refractivity contribution in [3.05, 3.63) is 55.9 Å². The van der Waals surface area contributed by atoms with Crippen LogP contribution in [-0.4, -0.2) is 21.4 Å².